The lowest BCUT2D eigenvalue weighted by atomic mass is 10.1. The smallest absolute Gasteiger partial charge is 0.227 e. The highest BCUT2D eigenvalue weighted by atomic mass is 19.1. The van der Waals surface area contributed by atoms with Gasteiger partial charge in [0.05, 0.1) is 13.0 Å². The number of benzene rings is 2. The molecule has 1 amide bonds. The molecule has 0 spiro atoms. The van der Waals surface area contributed by atoms with E-state index in [0.29, 0.717) is 12.1 Å². The molecule has 0 fully saturated rings. The lowest BCUT2D eigenvalue weighted by Gasteiger charge is -2.22. The van der Waals surface area contributed by atoms with E-state index in [9.17, 15) is 9.18 Å². The zero-order chi connectivity index (χ0) is 15.1. The molecule has 0 radical (unpaired) electrons. The van der Waals surface area contributed by atoms with Crippen molar-refractivity contribution in [2.75, 3.05) is 13.2 Å². The number of amides is 1. The van der Waals surface area contributed by atoms with Crippen LogP contribution in [0.3, 0.4) is 0 Å². The van der Waals surface area contributed by atoms with E-state index in [2.05, 4.69) is 0 Å². The lowest BCUT2D eigenvalue weighted by molar-refractivity contribution is -0.131. The average molecular weight is 287 g/mol. The molecule has 4 heteroatoms. The molecule has 2 aromatic rings. The molecule has 0 bridgehead atoms. The average Bonchev–Trinajstić information content (AvgIpc) is 2.50. The molecule has 2 rings (SSSR count). The second-order valence-electron chi connectivity index (χ2n) is 4.79. The van der Waals surface area contributed by atoms with Gasteiger partial charge < -0.3 is 10.0 Å². The zero-order valence-electron chi connectivity index (χ0n) is 11.7. The molecule has 0 heterocycles. The van der Waals surface area contributed by atoms with E-state index in [1.54, 1.807) is 23.1 Å². The molecule has 0 aromatic heterocycles. The fourth-order valence-corrected chi connectivity index (χ4v) is 2.13. The van der Waals surface area contributed by atoms with E-state index in [0.717, 1.165) is 5.56 Å². The van der Waals surface area contributed by atoms with Crippen molar-refractivity contribution in [1.29, 1.82) is 0 Å². The van der Waals surface area contributed by atoms with Gasteiger partial charge in [0, 0.05) is 13.1 Å². The minimum Gasteiger partial charge on any atom is -0.395 e. The third-order valence-electron chi connectivity index (χ3n) is 3.24. The van der Waals surface area contributed by atoms with E-state index in [1.165, 1.54) is 6.07 Å². The Hall–Kier alpha value is -2.20. The summed E-state index contributed by atoms with van der Waals surface area (Å²) in [5, 5.41) is 9.12. The third-order valence-corrected chi connectivity index (χ3v) is 3.24. The van der Waals surface area contributed by atoms with Gasteiger partial charge in [-0.1, -0.05) is 48.5 Å². The van der Waals surface area contributed by atoms with Crippen LogP contribution >= 0.6 is 0 Å². The second kappa shape index (κ2) is 7.55. The number of aliphatic hydroxyl groups is 1. The Balaban J connectivity index is 2.07. The molecule has 3 nitrogen and oxygen atoms in total. The highest BCUT2D eigenvalue weighted by Gasteiger charge is 2.15. The Morgan fingerprint density at radius 2 is 1.71 bits per heavy atom. The predicted octanol–water partition coefficient (Wildman–Crippen LogP) is 2.39. The second-order valence-corrected chi connectivity index (χ2v) is 4.79. The summed E-state index contributed by atoms with van der Waals surface area (Å²) in [6.45, 7) is 0.534. The van der Waals surface area contributed by atoms with Crippen LogP contribution in [0.15, 0.2) is 54.6 Å². The maximum absolute atomic E-state index is 13.6. The topological polar surface area (TPSA) is 40.5 Å². The maximum atomic E-state index is 13.6. The fourth-order valence-electron chi connectivity index (χ4n) is 2.13. The Morgan fingerprint density at radius 1 is 1.05 bits per heavy atom. The highest BCUT2D eigenvalue weighted by molar-refractivity contribution is 5.78. The number of hydrogen-bond acceptors (Lipinski definition) is 2. The quantitative estimate of drug-likeness (QED) is 0.886. The van der Waals surface area contributed by atoms with Crippen LogP contribution in [0.4, 0.5) is 4.39 Å². The molecule has 0 aliphatic heterocycles. The van der Waals surface area contributed by atoms with Crippen molar-refractivity contribution in [2.24, 2.45) is 0 Å². The molecule has 2 aromatic carbocycles. The first kappa shape index (κ1) is 15.2. The van der Waals surface area contributed by atoms with Crippen molar-refractivity contribution in [3.8, 4) is 0 Å². The molecular weight excluding hydrogens is 269 g/mol. The van der Waals surface area contributed by atoms with Crippen molar-refractivity contribution >= 4 is 5.91 Å². The van der Waals surface area contributed by atoms with Gasteiger partial charge in [0.1, 0.15) is 5.82 Å². The summed E-state index contributed by atoms with van der Waals surface area (Å²) in [6.07, 6.45) is -0.000489. The Kier molecular flexibility index (Phi) is 5.46. The fraction of sp³-hybridized carbons (Fsp3) is 0.235. The zero-order valence-corrected chi connectivity index (χ0v) is 11.7. The van der Waals surface area contributed by atoms with E-state index < -0.39 is 0 Å². The van der Waals surface area contributed by atoms with Gasteiger partial charge in [-0.3, -0.25) is 4.79 Å². The van der Waals surface area contributed by atoms with Gasteiger partial charge in [-0.15, -0.1) is 0 Å². The van der Waals surface area contributed by atoms with Gasteiger partial charge in [-0.05, 0) is 17.2 Å². The standard InChI is InChI=1S/C17H18FNO2/c18-16-9-5-4-8-15(16)12-17(21)19(10-11-20)13-14-6-2-1-3-7-14/h1-9,20H,10-13H2. The number of rotatable bonds is 6. The summed E-state index contributed by atoms with van der Waals surface area (Å²) in [4.78, 5) is 13.9. The van der Waals surface area contributed by atoms with Crippen LogP contribution in [0, 0.1) is 5.82 Å². The summed E-state index contributed by atoms with van der Waals surface area (Å²) >= 11 is 0. The van der Waals surface area contributed by atoms with Gasteiger partial charge in [-0.25, -0.2) is 4.39 Å². The van der Waals surface area contributed by atoms with E-state index in [-0.39, 0.29) is 31.3 Å². The monoisotopic (exact) mass is 287 g/mol. The van der Waals surface area contributed by atoms with E-state index >= 15 is 0 Å². The number of carbonyl (C=O) groups excluding carboxylic acids is 1. The summed E-state index contributed by atoms with van der Waals surface area (Å²) in [5.41, 5.74) is 1.35. The van der Waals surface area contributed by atoms with E-state index in [1.807, 2.05) is 30.3 Å². The molecule has 0 saturated carbocycles. The largest absolute Gasteiger partial charge is 0.395 e. The summed E-state index contributed by atoms with van der Waals surface area (Å²) < 4.78 is 13.6. The summed E-state index contributed by atoms with van der Waals surface area (Å²) in [7, 11) is 0. The predicted molar refractivity (Wildman–Crippen MR) is 79.0 cm³/mol. The van der Waals surface area contributed by atoms with Crippen LogP contribution in [0.5, 0.6) is 0 Å². The number of halogens is 1. The van der Waals surface area contributed by atoms with Crippen molar-refractivity contribution in [3.05, 3.63) is 71.5 Å². The van der Waals surface area contributed by atoms with Gasteiger partial charge >= 0.3 is 0 Å². The SMILES string of the molecule is O=C(Cc1ccccc1F)N(CCO)Cc1ccccc1. The molecular formula is C17H18FNO2. The lowest BCUT2D eigenvalue weighted by Crippen LogP contribution is -2.34. The number of carbonyl (C=O) groups is 1. The van der Waals surface area contributed by atoms with E-state index in [4.69, 9.17) is 5.11 Å². The van der Waals surface area contributed by atoms with Crippen molar-refractivity contribution in [1.82, 2.24) is 4.90 Å². The van der Waals surface area contributed by atoms with Crippen LogP contribution < -0.4 is 0 Å². The molecule has 21 heavy (non-hydrogen) atoms. The summed E-state index contributed by atoms with van der Waals surface area (Å²) in [5.74, 6) is -0.576. The van der Waals surface area contributed by atoms with Crippen molar-refractivity contribution in [3.63, 3.8) is 0 Å². The van der Waals surface area contributed by atoms with Gasteiger partial charge in [-0.2, -0.15) is 0 Å². The minimum atomic E-state index is -0.380. The normalized spacial score (nSPS) is 10.4. The highest BCUT2D eigenvalue weighted by Crippen LogP contribution is 2.11. The minimum absolute atomic E-state index is 0.000489. The Labute approximate surface area is 123 Å². The molecule has 110 valence electrons. The van der Waals surface area contributed by atoms with Crippen LogP contribution in [-0.2, 0) is 17.8 Å². The van der Waals surface area contributed by atoms with Crippen LogP contribution in [0.25, 0.3) is 0 Å². The molecule has 0 atom stereocenters. The van der Waals surface area contributed by atoms with Crippen LogP contribution in [0.1, 0.15) is 11.1 Å². The van der Waals surface area contributed by atoms with Gasteiger partial charge in [0.25, 0.3) is 0 Å². The molecule has 0 unspecified atom stereocenters. The molecule has 0 saturated heterocycles. The molecule has 1 N–H and O–H groups in total. The summed E-state index contributed by atoms with van der Waals surface area (Å²) in [6, 6.07) is 15.8. The van der Waals surface area contributed by atoms with Crippen molar-refractivity contribution < 1.29 is 14.3 Å². The Morgan fingerprint density at radius 3 is 2.38 bits per heavy atom. The first-order chi connectivity index (χ1) is 10.2. The third kappa shape index (κ3) is 4.39. The first-order valence-electron chi connectivity index (χ1n) is 6.86. The number of hydrogen-bond donors (Lipinski definition) is 1. The molecule has 0 aliphatic rings. The first-order valence-corrected chi connectivity index (χ1v) is 6.86. The van der Waals surface area contributed by atoms with Gasteiger partial charge in [0.15, 0.2) is 0 Å². The maximum Gasteiger partial charge on any atom is 0.227 e. The van der Waals surface area contributed by atoms with Crippen LogP contribution in [0.2, 0.25) is 0 Å². The van der Waals surface area contributed by atoms with Crippen LogP contribution in [-0.4, -0.2) is 29.1 Å². The molecule has 0 aliphatic carbocycles. The number of aliphatic hydroxyl groups excluding tert-OH is 1. The van der Waals surface area contributed by atoms with Gasteiger partial charge in [0.2, 0.25) is 5.91 Å². The number of nitrogens with zero attached hydrogens (tertiary/aromatic N) is 1. The Bertz CT molecular complexity index is 586. The van der Waals surface area contributed by atoms with Crippen molar-refractivity contribution in [2.45, 2.75) is 13.0 Å².